The average Bonchev–Trinajstić information content (AvgIpc) is 3.06. The van der Waals surface area contributed by atoms with Gasteiger partial charge in [0.25, 0.3) is 0 Å². The molecule has 8 nitrogen and oxygen atoms in total. The summed E-state index contributed by atoms with van der Waals surface area (Å²) in [7, 11) is 0. The number of carbonyl (C=O) groups excluding carboxylic acids is 3. The maximum atomic E-state index is 13.1. The lowest BCUT2D eigenvalue weighted by Gasteiger charge is -2.05. The van der Waals surface area contributed by atoms with E-state index in [1.165, 1.54) is 18.2 Å². The molecule has 1 aromatic heterocycles. The van der Waals surface area contributed by atoms with E-state index >= 15 is 0 Å². The molecule has 0 radical (unpaired) electrons. The first-order chi connectivity index (χ1) is 13.0. The number of nitrogens with one attached hydrogen (secondary N) is 2. The van der Waals surface area contributed by atoms with Crippen LogP contribution >= 0.6 is 23.1 Å². The van der Waals surface area contributed by atoms with E-state index in [2.05, 4.69) is 20.8 Å². The first kappa shape index (κ1) is 20.8. The van der Waals surface area contributed by atoms with Crippen molar-refractivity contribution in [2.45, 2.75) is 17.7 Å². The molecule has 0 aliphatic rings. The van der Waals surface area contributed by atoms with Crippen molar-refractivity contribution in [1.29, 1.82) is 0 Å². The van der Waals surface area contributed by atoms with Crippen molar-refractivity contribution in [3.05, 3.63) is 35.6 Å². The maximum absolute atomic E-state index is 13.1. The molecule has 0 aliphatic carbocycles. The Morgan fingerprint density at radius 2 is 2.07 bits per heavy atom. The van der Waals surface area contributed by atoms with Crippen molar-refractivity contribution < 1.29 is 23.5 Å². The van der Waals surface area contributed by atoms with E-state index < -0.39 is 17.6 Å². The second-order valence-electron chi connectivity index (χ2n) is 5.10. The van der Waals surface area contributed by atoms with Crippen molar-refractivity contribution in [2.24, 2.45) is 0 Å². The van der Waals surface area contributed by atoms with Gasteiger partial charge in [-0.1, -0.05) is 35.2 Å². The minimum absolute atomic E-state index is 0.0293. The Morgan fingerprint density at radius 1 is 1.26 bits per heavy atom. The zero-order valence-electron chi connectivity index (χ0n) is 14.4. The van der Waals surface area contributed by atoms with E-state index in [1.807, 2.05) is 0 Å². The van der Waals surface area contributed by atoms with Crippen LogP contribution in [0.15, 0.2) is 28.6 Å². The van der Waals surface area contributed by atoms with Crippen LogP contribution in [0.4, 0.5) is 9.52 Å². The molecular weight excluding hydrogens is 395 g/mol. The van der Waals surface area contributed by atoms with E-state index in [-0.39, 0.29) is 29.8 Å². The van der Waals surface area contributed by atoms with Gasteiger partial charge in [0.05, 0.1) is 25.3 Å². The molecule has 2 aromatic rings. The molecule has 0 spiro atoms. The van der Waals surface area contributed by atoms with Crippen LogP contribution in [0.5, 0.6) is 0 Å². The summed E-state index contributed by atoms with van der Waals surface area (Å²) < 4.78 is 18.4. The third kappa shape index (κ3) is 7.71. The predicted molar refractivity (Wildman–Crippen MR) is 99.0 cm³/mol. The van der Waals surface area contributed by atoms with Crippen molar-refractivity contribution >= 4 is 46.0 Å². The fraction of sp³-hybridized carbons (Fsp3) is 0.312. The molecule has 11 heteroatoms. The number of hydrogen-bond acceptors (Lipinski definition) is 8. The molecule has 2 N–H and O–H groups in total. The highest BCUT2D eigenvalue weighted by Gasteiger charge is 2.12. The Morgan fingerprint density at radius 3 is 2.81 bits per heavy atom. The number of hydrogen-bond donors (Lipinski definition) is 2. The van der Waals surface area contributed by atoms with E-state index in [0.29, 0.717) is 16.5 Å². The molecule has 2 amide bonds. The van der Waals surface area contributed by atoms with E-state index in [9.17, 15) is 18.8 Å². The summed E-state index contributed by atoms with van der Waals surface area (Å²) in [5, 5.41) is 12.8. The Hall–Kier alpha value is -2.53. The van der Waals surface area contributed by atoms with Crippen molar-refractivity contribution in [3.8, 4) is 0 Å². The fourth-order valence-corrected chi connectivity index (χ4v) is 3.45. The zero-order chi connectivity index (χ0) is 19.6. The summed E-state index contributed by atoms with van der Waals surface area (Å²) in [6.45, 7) is 1.78. The van der Waals surface area contributed by atoms with Gasteiger partial charge in [-0.2, -0.15) is 0 Å². The van der Waals surface area contributed by atoms with Gasteiger partial charge in [0, 0.05) is 0 Å². The number of rotatable bonds is 9. The van der Waals surface area contributed by atoms with Crippen LogP contribution in [0.2, 0.25) is 0 Å². The molecule has 0 saturated carbocycles. The lowest BCUT2D eigenvalue weighted by molar-refractivity contribution is -0.139. The molecule has 0 saturated heterocycles. The van der Waals surface area contributed by atoms with E-state index in [0.717, 1.165) is 23.1 Å². The highest BCUT2D eigenvalue weighted by atomic mass is 32.2. The number of thioether (sulfide) groups is 1. The Balaban J connectivity index is 1.72. The van der Waals surface area contributed by atoms with Crippen LogP contribution in [-0.4, -0.2) is 46.9 Å². The van der Waals surface area contributed by atoms with Crippen LogP contribution in [-0.2, 0) is 25.5 Å². The molecule has 1 aromatic carbocycles. The molecule has 144 valence electrons. The van der Waals surface area contributed by atoms with Gasteiger partial charge in [0.15, 0.2) is 4.34 Å². The number of ether oxygens (including phenoxy) is 1. The minimum Gasteiger partial charge on any atom is -0.465 e. The van der Waals surface area contributed by atoms with Crippen molar-refractivity contribution in [2.75, 3.05) is 24.2 Å². The molecular formula is C16H17FN4O4S2. The highest BCUT2D eigenvalue weighted by molar-refractivity contribution is 8.01. The number of halogens is 1. The topological polar surface area (TPSA) is 110 Å². The van der Waals surface area contributed by atoms with Crippen LogP contribution in [0.25, 0.3) is 0 Å². The molecule has 2 rings (SSSR count). The number of nitrogens with zero attached hydrogens (tertiary/aromatic N) is 2. The first-order valence-corrected chi connectivity index (χ1v) is 9.69. The third-order valence-electron chi connectivity index (χ3n) is 2.97. The Kier molecular flexibility index (Phi) is 8.14. The van der Waals surface area contributed by atoms with E-state index in [4.69, 9.17) is 4.74 Å². The maximum Gasteiger partial charge on any atom is 0.316 e. The lowest BCUT2D eigenvalue weighted by atomic mass is 10.1. The monoisotopic (exact) mass is 412 g/mol. The summed E-state index contributed by atoms with van der Waals surface area (Å²) in [6.07, 6.45) is -0.0293. The molecule has 0 atom stereocenters. The normalized spacial score (nSPS) is 10.3. The minimum atomic E-state index is -0.472. The summed E-state index contributed by atoms with van der Waals surface area (Å²) >= 11 is 2.26. The summed E-state index contributed by atoms with van der Waals surface area (Å²) in [6, 6.07) is 5.68. The number of amides is 2. The van der Waals surface area contributed by atoms with Gasteiger partial charge < -0.3 is 10.1 Å². The van der Waals surface area contributed by atoms with Crippen LogP contribution < -0.4 is 10.6 Å². The van der Waals surface area contributed by atoms with Gasteiger partial charge >= 0.3 is 5.97 Å². The zero-order valence-corrected chi connectivity index (χ0v) is 16.0. The van der Waals surface area contributed by atoms with Crippen molar-refractivity contribution in [1.82, 2.24) is 15.5 Å². The highest BCUT2D eigenvalue weighted by Crippen LogP contribution is 2.25. The summed E-state index contributed by atoms with van der Waals surface area (Å²) in [5.41, 5.74) is 0.514. The number of carbonyl (C=O) groups is 3. The molecule has 27 heavy (non-hydrogen) atoms. The number of aromatic nitrogens is 2. The number of anilines is 1. The van der Waals surface area contributed by atoms with Gasteiger partial charge in [-0.3, -0.25) is 19.7 Å². The SMILES string of the molecule is CCOC(=O)CSc1nnc(NC(=O)CNC(=O)Cc2cccc(F)c2)s1. The van der Waals surface area contributed by atoms with Crippen LogP contribution in [0.1, 0.15) is 12.5 Å². The van der Waals surface area contributed by atoms with Crippen molar-refractivity contribution in [3.63, 3.8) is 0 Å². The van der Waals surface area contributed by atoms with Crippen LogP contribution in [0, 0.1) is 5.82 Å². The average molecular weight is 412 g/mol. The molecule has 1 heterocycles. The molecule has 0 fully saturated rings. The van der Waals surface area contributed by atoms with Gasteiger partial charge in [-0.25, -0.2) is 4.39 Å². The third-order valence-corrected chi connectivity index (χ3v) is 4.92. The van der Waals surface area contributed by atoms with Gasteiger partial charge in [0.1, 0.15) is 5.82 Å². The van der Waals surface area contributed by atoms with E-state index in [1.54, 1.807) is 13.0 Å². The summed E-state index contributed by atoms with van der Waals surface area (Å²) in [4.78, 5) is 34.9. The molecule has 0 aliphatic heterocycles. The van der Waals surface area contributed by atoms with Crippen LogP contribution in [0.3, 0.4) is 0 Å². The second kappa shape index (κ2) is 10.6. The predicted octanol–water partition coefficient (Wildman–Crippen LogP) is 1.63. The quantitative estimate of drug-likeness (QED) is 0.366. The number of benzene rings is 1. The molecule has 0 unspecified atom stereocenters. The Bertz CT molecular complexity index is 815. The standard InChI is InChI=1S/C16H17FN4O4S2/c1-2-25-14(24)9-26-16-21-20-15(27-16)19-13(23)8-18-12(22)7-10-4-3-5-11(17)6-10/h3-6H,2,7-9H2,1H3,(H,18,22)(H,19,20,23). The summed E-state index contributed by atoms with van der Waals surface area (Å²) in [5.74, 6) is -1.55. The fourth-order valence-electron chi connectivity index (χ4n) is 1.88. The molecule has 0 bridgehead atoms. The number of esters is 1. The Labute approximate surface area is 162 Å². The van der Waals surface area contributed by atoms with Gasteiger partial charge in [-0.05, 0) is 24.6 Å². The van der Waals surface area contributed by atoms with Gasteiger partial charge in [-0.15, -0.1) is 10.2 Å². The largest absolute Gasteiger partial charge is 0.465 e. The smallest absolute Gasteiger partial charge is 0.316 e. The first-order valence-electron chi connectivity index (χ1n) is 7.89. The lowest BCUT2D eigenvalue weighted by Crippen LogP contribution is -2.33. The van der Waals surface area contributed by atoms with Gasteiger partial charge in [0.2, 0.25) is 16.9 Å². The second-order valence-corrected chi connectivity index (χ2v) is 7.30.